The van der Waals surface area contributed by atoms with E-state index in [4.69, 9.17) is 5.84 Å². The van der Waals surface area contributed by atoms with Gasteiger partial charge in [-0.3, -0.25) is 15.0 Å². The van der Waals surface area contributed by atoms with Gasteiger partial charge in [0, 0.05) is 17.1 Å². The summed E-state index contributed by atoms with van der Waals surface area (Å²) in [4.78, 5) is 26.3. The quantitative estimate of drug-likeness (QED) is 0.403. The van der Waals surface area contributed by atoms with E-state index in [2.05, 4.69) is 4.98 Å². The van der Waals surface area contributed by atoms with E-state index in [0.29, 0.717) is 10.9 Å². The third-order valence-corrected chi connectivity index (χ3v) is 2.73. The van der Waals surface area contributed by atoms with Crippen molar-refractivity contribution >= 4 is 16.8 Å². The minimum atomic E-state index is -0.588. The summed E-state index contributed by atoms with van der Waals surface area (Å²) >= 11 is 0. The Morgan fingerprint density at radius 1 is 1.47 bits per heavy atom. The van der Waals surface area contributed by atoms with Crippen LogP contribution in [-0.2, 0) is 6.42 Å². The van der Waals surface area contributed by atoms with Gasteiger partial charge in [0.2, 0.25) is 5.43 Å². The fraction of sp³-hybridized carbons (Fsp3) is 0.167. The van der Waals surface area contributed by atoms with E-state index in [1.807, 2.05) is 24.5 Å². The molecule has 1 aromatic carbocycles. The molecule has 2 rings (SSSR count). The zero-order chi connectivity index (χ0) is 12.4. The molecule has 5 nitrogen and oxygen atoms in total. The van der Waals surface area contributed by atoms with Crippen LogP contribution in [0.1, 0.15) is 22.8 Å². The first-order valence-corrected chi connectivity index (χ1v) is 5.32. The van der Waals surface area contributed by atoms with Gasteiger partial charge in [0.1, 0.15) is 5.56 Å². The number of nitrogen functional groups attached to an aromatic ring is 1. The lowest BCUT2D eigenvalue weighted by atomic mass is 10.1. The molecule has 0 spiro atoms. The van der Waals surface area contributed by atoms with E-state index >= 15 is 0 Å². The zero-order valence-corrected chi connectivity index (χ0v) is 9.41. The maximum atomic E-state index is 12.1. The average molecular weight is 231 g/mol. The largest absolute Gasteiger partial charge is 0.360 e. The standard InChI is InChI=1S/C12H13N3O2/c1-2-7-3-4-10-8(5-7)11(16)9(6-14-10)12(17)15-13/h3-6H,2,13H2,1H3,(H,14,16)(H,15,17). The molecule has 4 N–H and O–H groups in total. The van der Waals surface area contributed by atoms with Crippen LogP contribution in [0.25, 0.3) is 10.9 Å². The Labute approximate surface area is 97.6 Å². The number of hydrogen-bond donors (Lipinski definition) is 3. The van der Waals surface area contributed by atoms with Gasteiger partial charge in [0.05, 0.1) is 0 Å². The lowest BCUT2D eigenvalue weighted by Gasteiger charge is -2.03. The third kappa shape index (κ3) is 1.92. The molecule has 0 saturated carbocycles. The number of aromatic amines is 1. The van der Waals surface area contributed by atoms with Crippen LogP contribution in [0.15, 0.2) is 29.2 Å². The Morgan fingerprint density at radius 3 is 2.88 bits per heavy atom. The van der Waals surface area contributed by atoms with Gasteiger partial charge in [-0.1, -0.05) is 13.0 Å². The summed E-state index contributed by atoms with van der Waals surface area (Å²) < 4.78 is 0. The number of fused-ring (bicyclic) bond motifs is 1. The summed E-state index contributed by atoms with van der Waals surface area (Å²) in [5, 5.41) is 0.505. The highest BCUT2D eigenvalue weighted by Crippen LogP contribution is 2.11. The highest BCUT2D eigenvalue weighted by molar-refractivity contribution is 5.96. The van der Waals surface area contributed by atoms with Crippen molar-refractivity contribution in [3.8, 4) is 0 Å². The maximum Gasteiger partial charge on any atom is 0.270 e. The van der Waals surface area contributed by atoms with Crippen molar-refractivity contribution in [2.45, 2.75) is 13.3 Å². The molecule has 0 aliphatic carbocycles. The molecule has 0 unspecified atom stereocenters. The molecular weight excluding hydrogens is 218 g/mol. The lowest BCUT2D eigenvalue weighted by molar-refractivity contribution is 0.0952. The fourth-order valence-corrected chi connectivity index (χ4v) is 1.73. The van der Waals surface area contributed by atoms with Crippen molar-refractivity contribution in [2.24, 2.45) is 5.84 Å². The van der Waals surface area contributed by atoms with Crippen molar-refractivity contribution in [2.75, 3.05) is 0 Å². The van der Waals surface area contributed by atoms with E-state index in [0.717, 1.165) is 12.0 Å². The SMILES string of the molecule is CCc1ccc2[nH]cc(C(=O)NN)c(=O)c2c1. The topological polar surface area (TPSA) is 88.0 Å². The molecule has 17 heavy (non-hydrogen) atoms. The Hall–Kier alpha value is -2.14. The summed E-state index contributed by atoms with van der Waals surface area (Å²) in [5.41, 5.74) is 3.43. The smallest absolute Gasteiger partial charge is 0.270 e. The summed E-state index contributed by atoms with van der Waals surface area (Å²) in [7, 11) is 0. The van der Waals surface area contributed by atoms with Gasteiger partial charge in [-0.2, -0.15) is 0 Å². The summed E-state index contributed by atoms with van der Waals surface area (Å²) in [6.45, 7) is 2.01. The second kappa shape index (κ2) is 4.39. The number of rotatable bonds is 2. The Balaban J connectivity index is 2.73. The van der Waals surface area contributed by atoms with Crippen molar-refractivity contribution in [3.05, 3.63) is 45.7 Å². The number of hydrazine groups is 1. The van der Waals surface area contributed by atoms with E-state index in [-0.39, 0.29) is 11.0 Å². The molecule has 88 valence electrons. The highest BCUT2D eigenvalue weighted by Gasteiger charge is 2.11. The van der Waals surface area contributed by atoms with Crippen molar-refractivity contribution < 1.29 is 4.79 Å². The van der Waals surface area contributed by atoms with Crippen LogP contribution in [-0.4, -0.2) is 10.9 Å². The maximum absolute atomic E-state index is 12.1. The number of carbonyl (C=O) groups is 1. The molecule has 0 fully saturated rings. The molecule has 0 saturated heterocycles. The van der Waals surface area contributed by atoms with E-state index < -0.39 is 5.91 Å². The monoisotopic (exact) mass is 231 g/mol. The Kier molecular flexibility index (Phi) is 2.93. The second-order valence-electron chi connectivity index (χ2n) is 3.74. The Bertz CT molecular complexity index is 631. The number of aryl methyl sites for hydroxylation is 1. The number of hydrogen-bond acceptors (Lipinski definition) is 3. The van der Waals surface area contributed by atoms with Gasteiger partial charge in [0.15, 0.2) is 0 Å². The van der Waals surface area contributed by atoms with Crippen LogP contribution in [0.5, 0.6) is 0 Å². The van der Waals surface area contributed by atoms with Crippen LogP contribution in [0.2, 0.25) is 0 Å². The van der Waals surface area contributed by atoms with Gasteiger partial charge in [-0.15, -0.1) is 0 Å². The van der Waals surface area contributed by atoms with Gasteiger partial charge < -0.3 is 4.98 Å². The molecular formula is C12H13N3O2. The number of pyridine rings is 1. The fourth-order valence-electron chi connectivity index (χ4n) is 1.73. The normalized spacial score (nSPS) is 10.5. The minimum Gasteiger partial charge on any atom is -0.360 e. The second-order valence-corrected chi connectivity index (χ2v) is 3.74. The van der Waals surface area contributed by atoms with E-state index in [1.165, 1.54) is 6.20 Å². The number of H-pyrrole nitrogens is 1. The van der Waals surface area contributed by atoms with Gasteiger partial charge >= 0.3 is 0 Å². The van der Waals surface area contributed by atoms with Crippen LogP contribution < -0.4 is 16.7 Å². The van der Waals surface area contributed by atoms with Crippen molar-refractivity contribution in [1.29, 1.82) is 0 Å². The third-order valence-electron chi connectivity index (χ3n) is 2.73. The van der Waals surface area contributed by atoms with Crippen molar-refractivity contribution in [1.82, 2.24) is 10.4 Å². The number of aromatic nitrogens is 1. The number of nitrogens with two attached hydrogens (primary N) is 1. The van der Waals surface area contributed by atoms with Crippen molar-refractivity contribution in [3.63, 3.8) is 0 Å². The summed E-state index contributed by atoms with van der Waals surface area (Å²) in [6, 6.07) is 5.57. The zero-order valence-electron chi connectivity index (χ0n) is 9.41. The Morgan fingerprint density at radius 2 is 2.24 bits per heavy atom. The molecule has 0 aliphatic rings. The molecule has 0 aliphatic heterocycles. The number of benzene rings is 1. The lowest BCUT2D eigenvalue weighted by Crippen LogP contribution is -2.33. The first-order valence-electron chi connectivity index (χ1n) is 5.32. The molecule has 2 aromatic rings. The first kappa shape index (κ1) is 11.3. The van der Waals surface area contributed by atoms with Gasteiger partial charge in [-0.25, -0.2) is 5.84 Å². The number of carbonyl (C=O) groups excluding carboxylic acids is 1. The molecule has 1 aromatic heterocycles. The molecule has 1 heterocycles. The molecule has 1 amide bonds. The number of amides is 1. The summed E-state index contributed by atoms with van der Waals surface area (Å²) in [6.07, 6.45) is 2.21. The molecule has 5 heteroatoms. The van der Waals surface area contributed by atoms with Crippen LogP contribution >= 0.6 is 0 Å². The van der Waals surface area contributed by atoms with E-state index in [9.17, 15) is 9.59 Å². The molecule has 0 radical (unpaired) electrons. The number of nitrogens with one attached hydrogen (secondary N) is 2. The minimum absolute atomic E-state index is 0.0215. The van der Waals surface area contributed by atoms with Crippen LogP contribution in [0.3, 0.4) is 0 Å². The summed E-state index contributed by atoms with van der Waals surface area (Å²) in [5.74, 6) is 4.43. The molecule has 0 bridgehead atoms. The predicted octanol–water partition coefficient (Wildman–Crippen LogP) is 0.694. The van der Waals surface area contributed by atoms with Gasteiger partial charge in [0.25, 0.3) is 5.91 Å². The highest BCUT2D eigenvalue weighted by atomic mass is 16.2. The van der Waals surface area contributed by atoms with Crippen LogP contribution in [0, 0.1) is 0 Å². The van der Waals surface area contributed by atoms with E-state index in [1.54, 1.807) is 6.07 Å². The average Bonchev–Trinajstić information content (AvgIpc) is 2.38. The predicted molar refractivity (Wildman–Crippen MR) is 65.6 cm³/mol. The van der Waals surface area contributed by atoms with Gasteiger partial charge in [-0.05, 0) is 24.1 Å². The van der Waals surface area contributed by atoms with Crippen LogP contribution in [0.4, 0.5) is 0 Å². The molecule has 0 atom stereocenters. The first-order chi connectivity index (χ1) is 8.17.